The Morgan fingerprint density at radius 3 is 3.05 bits per heavy atom. The molecule has 2 heterocycles. The van der Waals surface area contributed by atoms with E-state index in [1.807, 2.05) is 17.3 Å². The summed E-state index contributed by atoms with van der Waals surface area (Å²) in [7, 11) is 1.93. The SMILES string of the molecule is CNCC1CCN(C(=O)CCNC(=O)c2ccsc2)C1. The van der Waals surface area contributed by atoms with Crippen LogP contribution in [0.3, 0.4) is 0 Å². The Balaban J connectivity index is 1.67. The lowest BCUT2D eigenvalue weighted by Gasteiger charge is -2.16. The van der Waals surface area contributed by atoms with Crippen LogP contribution in [-0.4, -0.2) is 49.9 Å². The number of nitrogens with one attached hydrogen (secondary N) is 2. The predicted octanol–water partition coefficient (Wildman–Crippen LogP) is 0.936. The normalized spacial score (nSPS) is 18.2. The molecule has 1 saturated heterocycles. The molecule has 2 N–H and O–H groups in total. The topological polar surface area (TPSA) is 61.4 Å². The molecule has 1 aromatic rings. The van der Waals surface area contributed by atoms with Crippen molar-refractivity contribution in [1.82, 2.24) is 15.5 Å². The Labute approximate surface area is 123 Å². The Bertz CT molecular complexity index is 447. The van der Waals surface area contributed by atoms with Crippen LogP contribution >= 0.6 is 11.3 Å². The highest BCUT2D eigenvalue weighted by atomic mass is 32.1. The van der Waals surface area contributed by atoms with Gasteiger partial charge in [-0.1, -0.05) is 0 Å². The molecule has 1 atom stereocenters. The van der Waals surface area contributed by atoms with Gasteiger partial charge in [-0.05, 0) is 37.4 Å². The standard InChI is InChI=1S/C14H21N3O2S/c1-15-8-11-3-6-17(9-11)13(18)2-5-16-14(19)12-4-7-20-10-12/h4,7,10-11,15H,2-3,5-6,8-9H2,1H3,(H,16,19). The van der Waals surface area contributed by atoms with Crippen LogP contribution in [0.2, 0.25) is 0 Å². The van der Waals surface area contributed by atoms with Crippen LogP contribution in [0.4, 0.5) is 0 Å². The zero-order valence-electron chi connectivity index (χ0n) is 11.7. The van der Waals surface area contributed by atoms with E-state index in [2.05, 4.69) is 10.6 Å². The molecule has 0 spiro atoms. The molecule has 2 amide bonds. The maximum Gasteiger partial charge on any atom is 0.252 e. The molecule has 1 unspecified atom stereocenters. The molecule has 1 aliphatic heterocycles. The fraction of sp³-hybridized carbons (Fsp3) is 0.571. The van der Waals surface area contributed by atoms with E-state index in [0.29, 0.717) is 24.4 Å². The summed E-state index contributed by atoms with van der Waals surface area (Å²) in [5.41, 5.74) is 0.665. The second kappa shape index (κ2) is 7.40. The average Bonchev–Trinajstić information content (AvgIpc) is 3.10. The van der Waals surface area contributed by atoms with Crippen molar-refractivity contribution in [2.45, 2.75) is 12.8 Å². The third-order valence-electron chi connectivity index (χ3n) is 3.54. The van der Waals surface area contributed by atoms with Crippen molar-refractivity contribution in [3.05, 3.63) is 22.4 Å². The minimum atomic E-state index is -0.103. The number of carbonyl (C=O) groups is 2. The van der Waals surface area contributed by atoms with Gasteiger partial charge in [-0.25, -0.2) is 0 Å². The monoisotopic (exact) mass is 295 g/mol. The molecule has 2 rings (SSSR count). The number of nitrogens with zero attached hydrogens (tertiary/aromatic N) is 1. The van der Waals surface area contributed by atoms with Crippen molar-refractivity contribution < 1.29 is 9.59 Å². The summed E-state index contributed by atoms with van der Waals surface area (Å²) in [6.07, 6.45) is 1.44. The zero-order chi connectivity index (χ0) is 14.4. The van der Waals surface area contributed by atoms with E-state index in [0.717, 1.165) is 26.1 Å². The van der Waals surface area contributed by atoms with Gasteiger partial charge in [0, 0.05) is 37.0 Å². The predicted molar refractivity (Wildman–Crippen MR) is 79.9 cm³/mol. The number of amides is 2. The van der Waals surface area contributed by atoms with E-state index >= 15 is 0 Å². The van der Waals surface area contributed by atoms with Crippen molar-refractivity contribution in [2.24, 2.45) is 5.92 Å². The first-order valence-electron chi connectivity index (χ1n) is 6.93. The molecule has 0 saturated carbocycles. The zero-order valence-corrected chi connectivity index (χ0v) is 12.5. The minimum absolute atomic E-state index is 0.103. The van der Waals surface area contributed by atoms with Gasteiger partial charge in [-0.15, -0.1) is 0 Å². The van der Waals surface area contributed by atoms with Gasteiger partial charge in [0.25, 0.3) is 5.91 Å². The average molecular weight is 295 g/mol. The Morgan fingerprint density at radius 1 is 1.50 bits per heavy atom. The lowest BCUT2D eigenvalue weighted by Crippen LogP contribution is -2.33. The first-order valence-corrected chi connectivity index (χ1v) is 7.87. The Morgan fingerprint density at radius 2 is 2.35 bits per heavy atom. The largest absolute Gasteiger partial charge is 0.351 e. The summed E-state index contributed by atoms with van der Waals surface area (Å²) in [6, 6.07) is 1.78. The highest BCUT2D eigenvalue weighted by Gasteiger charge is 2.25. The van der Waals surface area contributed by atoms with Crippen molar-refractivity contribution in [1.29, 1.82) is 0 Å². The Kier molecular flexibility index (Phi) is 5.55. The van der Waals surface area contributed by atoms with Gasteiger partial charge in [-0.2, -0.15) is 11.3 Å². The van der Waals surface area contributed by atoms with Gasteiger partial charge in [0.1, 0.15) is 0 Å². The summed E-state index contributed by atoms with van der Waals surface area (Å²) < 4.78 is 0. The fourth-order valence-electron chi connectivity index (χ4n) is 2.45. The number of hydrogen-bond donors (Lipinski definition) is 2. The van der Waals surface area contributed by atoms with Gasteiger partial charge in [0.05, 0.1) is 0 Å². The van der Waals surface area contributed by atoms with Crippen LogP contribution in [0, 0.1) is 5.92 Å². The van der Waals surface area contributed by atoms with E-state index in [1.54, 1.807) is 11.4 Å². The molecule has 110 valence electrons. The van der Waals surface area contributed by atoms with E-state index in [-0.39, 0.29) is 11.8 Å². The van der Waals surface area contributed by atoms with E-state index in [1.165, 1.54) is 11.3 Å². The van der Waals surface area contributed by atoms with Gasteiger partial charge in [0.2, 0.25) is 5.91 Å². The second-order valence-electron chi connectivity index (χ2n) is 5.07. The molecule has 0 aromatic carbocycles. The molecule has 5 nitrogen and oxygen atoms in total. The molecule has 6 heteroatoms. The molecule has 1 aromatic heterocycles. The van der Waals surface area contributed by atoms with E-state index in [9.17, 15) is 9.59 Å². The highest BCUT2D eigenvalue weighted by Crippen LogP contribution is 2.16. The molecule has 0 radical (unpaired) electrons. The summed E-state index contributed by atoms with van der Waals surface area (Å²) in [4.78, 5) is 25.6. The maximum atomic E-state index is 12.0. The first-order chi connectivity index (χ1) is 9.70. The van der Waals surface area contributed by atoms with Crippen molar-refractivity contribution in [3.8, 4) is 0 Å². The fourth-order valence-corrected chi connectivity index (χ4v) is 3.09. The van der Waals surface area contributed by atoms with Crippen molar-refractivity contribution in [2.75, 3.05) is 33.2 Å². The molecular weight excluding hydrogens is 274 g/mol. The molecule has 0 bridgehead atoms. The Hall–Kier alpha value is -1.40. The van der Waals surface area contributed by atoms with E-state index in [4.69, 9.17) is 0 Å². The van der Waals surface area contributed by atoms with Crippen LogP contribution in [-0.2, 0) is 4.79 Å². The van der Waals surface area contributed by atoms with Crippen LogP contribution in [0.15, 0.2) is 16.8 Å². The number of hydrogen-bond acceptors (Lipinski definition) is 4. The minimum Gasteiger partial charge on any atom is -0.351 e. The second-order valence-corrected chi connectivity index (χ2v) is 5.85. The van der Waals surface area contributed by atoms with Gasteiger partial charge >= 0.3 is 0 Å². The van der Waals surface area contributed by atoms with Crippen LogP contribution in [0.25, 0.3) is 0 Å². The number of carbonyl (C=O) groups excluding carboxylic acids is 2. The third-order valence-corrected chi connectivity index (χ3v) is 4.22. The molecule has 1 fully saturated rings. The smallest absolute Gasteiger partial charge is 0.252 e. The van der Waals surface area contributed by atoms with E-state index < -0.39 is 0 Å². The molecular formula is C14H21N3O2S. The lowest BCUT2D eigenvalue weighted by atomic mass is 10.1. The van der Waals surface area contributed by atoms with Gasteiger partial charge in [0.15, 0.2) is 0 Å². The van der Waals surface area contributed by atoms with Crippen molar-refractivity contribution in [3.63, 3.8) is 0 Å². The van der Waals surface area contributed by atoms with Crippen LogP contribution in [0.5, 0.6) is 0 Å². The van der Waals surface area contributed by atoms with Gasteiger partial charge < -0.3 is 15.5 Å². The van der Waals surface area contributed by atoms with Gasteiger partial charge in [-0.3, -0.25) is 9.59 Å². The summed E-state index contributed by atoms with van der Waals surface area (Å²) in [6.45, 7) is 3.03. The highest BCUT2D eigenvalue weighted by molar-refractivity contribution is 7.08. The number of rotatable bonds is 6. The lowest BCUT2D eigenvalue weighted by molar-refractivity contribution is -0.130. The quantitative estimate of drug-likeness (QED) is 0.821. The molecule has 20 heavy (non-hydrogen) atoms. The summed E-state index contributed by atoms with van der Waals surface area (Å²) in [5.74, 6) is 0.590. The third kappa shape index (κ3) is 4.05. The molecule has 1 aliphatic rings. The van der Waals surface area contributed by atoms with Crippen molar-refractivity contribution >= 4 is 23.2 Å². The first kappa shape index (κ1) is 15.0. The summed E-state index contributed by atoms with van der Waals surface area (Å²) in [5, 5.41) is 9.61. The number of thiophene rings is 1. The van der Waals surface area contributed by atoms with Crippen LogP contribution in [0.1, 0.15) is 23.2 Å². The van der Waals surface area contributed by atoms with Crippen LogP contribution < -0.4 is 10.6 Å². The molecule has 0 aliphatic carbocycles. The number of likely N-dealkylation sites (tertiary alicyclic amines) is 1. The summed E-state index contributed by atoms with van der Waals surface area (Å²) >= 11 is 1.49. The maximum absolute atomic E-state index is 12.0.